The van der Waals surface area contributed by atoms with Gasteiger partial charge in [-0.25, -0.2) is 8.42 Å². The van der Waals surface area contributed by atoms with Crippen molar-refractivity contribution in [2.45, 2.75) is 18.7 Å². The second-order valence-corrected chi connectivity index (χ2v) is 7.23. The standard InChI is InChI=1S/C14H22N2O3S/c1-12-9-13(2)11-14(10-12)20(18,19)16-5-3-15(4-6-16)7-8-17/h9-11,17H,3-8H2,1-2H3. The van der Waals surface area contributed by atoms with Crippen LogP contribution in [0.1, 0.15) is 11.1 Å². The second-order valence-electron chi connectivity index (χ2n) is 5.29. The van der Waals surface area contributed by atoms with Crippen LogP contribution in [0.2, 0.25) is 0 Å². The zero-order valence-corrected chi connectivity index (χ0v) is 12.9. The molecule has 1 saturated heterocycles. The number of aryl methyl sites for hydroxylation is 2. The Morgan fingerprint density at radius 2 is 1.60 bits per heavy atom. The summed E-state index contributed by atoms with van der Waals surface area (Å²) in [6.45, 7) is 6.84. The Kier molecular flexibility index (Phi) is 4.80. The third kappa shape index (κ3) is 3.38. The molecule has 1 fully saturated rings. The number of rotatable bonds is 4. The summed E-state index contributed by atoms with van der Waals surface area (Å²) in [4.78, 5) is 2.46. The van der Waals surface area contributed by atoms with Gasteiger partial charge in [-0.3, -0.25) is 4.90 Å². The van der Waals surface area contributed by atoms with Gasteiger partial charge in [0.2, 0.25) is 10.0 Å². The lowest BCUT2D eigenvalue weighted by Gasteiger charge is -2.33. The van der Waals surface area contributed by atoms with Gasteiger partial charge in [0.05, 0.1) is 11.5 Å². The van der Waals surface area contributed by atoms with E-state index in [2.05, 4.69) is 4.90 Å². The Hall–Kier alpha value is -0.950. The summed E-state index contributed by atoms with van der Waals surface area (Å²) >= 11 is 0. The fourth-order valence-electron chi connectivity index (χ4n) is 2.57. The molecule has 1 aliphatic heterocycles. The van der Waals surface area contributed by atoms with Crippen molar-refractivity contribution in [3.8, 4) is 0 Å². The van der Waals surface area contributed by atoms with Crippen molar-refractivity contribution in [2.24, 2.45) is 0 Å². The van der Waals surface area contributed by atoms with Crippen LogP contribution in [0.5, 0.6) is 0 Å². The topological polar surface area (TPSA) is 60.9 Å². The number of aliphatic hydroxyl groups excluding tert-OH is 1. The van der Waals surface area contributed by atoms with E-state index in [9.17, 15) is 8.42 Å². The lowest BCUT2D eigenvalue weighted by molar-refractivity contribution is 0.151. The van der Waals surface area contributed by atoms with Gasteiger partial charge in [0.25, 0.3) is 0 Å². The molecule has 2 rings (SSSR count). The lowest BCUT2D eigenvalue weighted by atomic mass is 10.2. The maximum Gasteiger partial charge on any atom is 0.243 e. The highest BCUT2D eigenvalue weighted by Gasteiger charge is 2.28. The molecule has 0 amide bonds. The first-order chi connectivity index (χ1) is 9.43. The van der Waals surface area contributed by atoms with E-state index in [1.807, 2.05) is 19.9 Å². The van der Waals surface area contributed by atoms with Crippen LogP contribution in [-0.4, -0.2) is 62.1 Å². The van der Waals surface area contributed by atoms with E-state index in [-0.39, 0.29) is 6.61 Å². The Morgan fingerprint density at radius 3 is 2.10 bits per heavy atom. The average Bonchev–Trinajstić information content (AvgIpc) is 2.38. The van der Waals surface area contributed by atoms with Gasteiger partial charge in [-0.2, -0.15) is 4.31 Å². The van der Waals surface area contributed by atoms with Gasteiger partial charge in [0.15, 0.2) is 0 Å². The molecule has 1 N–H and O–H groups in total. The molecule has 0 bridgehead atoms. The first-order valence-electron chi connectivity index (χ1n) is 6.85. The van der Waals surface area contributed by atoms with Crippen LogP contribution in [-0.2, 0) is 10.0 Å². The van der Waals surface area contributed by atoms with Crippen LogP contribution in [0.4, 0.5) is 0 Å². The van der Waals surface area contributed by atoms with Crippen LogP contribution >= 0.6 is 0 Å². The molecule has 5 nitrogen and oxygen atoms in total. The largest absolute Gasteiger partial charge is 0.395 e. The van der Waals surface area contributed by atoms with Crippen molar-refractivity contribution < 1.29 is 13.5 Å². The van der Waals surface area contributed by atoms with Crippen molar-refractivity contribution in [1.82, 2.24) is 9.21 Å². The van der Waals surface area contributed by atoms with Crippen molar-refractivity contribution in [2.75, 3.05) is 39.3 Å². The van der Waals surface area contributed by atoms with E-state index < -0.39 is 10.0 Å². The SMILES string of the molecule is Cc1cc(C)cc(S(=O)(=O)N2CCN(CCO)CC2)c1. The highest BCUT2D eigenvalue weighted by Crippen LogP contribution is 2.20. The summed E-state index contributed by atoms with van der Waals surface area (Å²) in [5.41, 5.74) is 1.92. The van der Waals surface area contributed by atoms with E-state index in [0.717, 1.165) is 11.1 Å². The summed E-state index contributed by atoms with van der Waals surface area (Å²) in [6, 6.07) is 5.42. The minimum absolute atomic E-state index is 0.115. The molecule has 0 saturated carbocycles. The van der Waals surface area contributed by atoms with Crippen molar-refractivity contribution in [3.05, 3.63) is 29.3 Å². The van der Waals surface area contributed by atoms with E-state index in [1.54, 1.807) is 12.1 Å². The highest BCUT2D eigenvalue weighted by atomic mass is 32.2. The summed E-state index contributed by atoms with van der Waals surface area (Å²) < 4.78 is 26.8. The van der Waals surface area contributed by atoms with E-state index in [4.69, 9.17) is 5.11 Å². The van der Waals surface area contributed by atoms with E-state index >= 15 is 0 Å². The second kappa shape index (κ2) is 6.22. The molecule has 0 aliphatic carbocycles. The van der Waals surface area contributed by atoms with E-state index in [1.165, 1.54) is 4.31 Å². The molecule has 1 aliphatic rings. The quantitative estimate of drug-likeness (QED) is 0.884. The van der Waals surface area contributed by atoms with Crippen LogP contribution < -0.4 is 0 Å². The molecule has 1 heterocycles. The van der Waals surface area contributed by atoms with Crippen LogP contribution in [0, 0.1) is 13.8 Å². The third-order valence-electron chi connectivity index (χ3n) is 3.58. The number of benzene rings is 1. The average molecular weight is 298 g/mol. The molecule has 6 heteroatoms. The zero-order chi connectivity index (χ0) is 14.8. The number of piperazine rings is 1. The minimum atomic E-state index is -3.40. The van der Waals surface area contributed by atoms with Crippen LogP contribution in [0.25, 0.3) is 0 Å². The summed E-state index contributed by atoms with van der Waals surface area (Å²) in [5.74, 6) is 0. The van der Waals surface area contributed by atoms with Gasteiger partial charge in [0.1, 0.15) is 0 Å². The molecular formula is C14H22N2O3S. The summed E-state index contributed by atoms with van der Waals surface area (Å²) in [7, 11) is -3.40. The third-order valence-corrected chi connectivity index (χ3v) is 5.46. The maximum atomic E-state index is 12.6. The molecule has 0 radical (unpaired) electrons. The Labute approximate surface area is 120 Å². The van der Waals surface area contributed by atoms with Crippen LogP contribution in [0.15, 0.2) is 23.1 Å². The Morgan fingerprint density at radius 1 is 1.05 bits per heavy atom. The number of aliphatic hydroxyl groups is 1. The van der Waals surface area contributed by atoms with Crippen molar-refractivity contribution >= 4 is 10.0 Å². The fourth-order valence-corrected chi connectivity index (χ4v) is 4.18. The molecular weight excluding hydrogens is 276 g/mol. The van der Waals surface area contributed by atoms with Crippen molar-refractivity contribution in [1.29, 1.82) is 0 Å². The van der Waals surface area contributed by atoms with Gasteiger partial charge in [-0.15, -0.1) is 0 Å². The van der Waals surface area contributed by atoms with Gasteiger partial charge in [0, 0.05) is 32.7 Å². The summed E-state index contributed by atoms with van der Waals surface area (Å²) in [5, 5.41) is 8.91. The Bertz CT molecular complexity index is 544. The number of β-amino-alcohol motifs (C(OH)–C–C–N with tert-alkyl or cyclic N) is 1. The van der Waals surface area contributed by atoms with Gasteiger partial charge < -0.3 is 5.11 Å². The molecule has 0 atom stereocenters. The van der Waals surface area contributed by atoms with Crippen LogP contribution in [0.3, 0.4) is 0 Å². The number of hydrogen-bond acceptors (Lipinski definition) is 4. The molecule has 0 unspecified atom stereocenters. The fraction of sp³-hybridized carbons (Fsp3) is 0.571. The molecule has 0 spiro atoms. The Balaban J connectivity index is 2.15. The van der Waals surface area contributed by atoms with E-state index in [0.29, 0.717) is 37.6 Å². The smallest absolute Gasteiger partial charge is 0.243 e. The first kappa shape index (κ1) is 15.4. The predicted octanol–water partition coefficient (Wildman–Crippen LogP) is 0.602. The number of nitrogens with zero attached hydrogens (tertiary/aromatic N) is 2. The molecule has 112 valence electrons. The monoisotopic (exact) mass is 298 g/mol. The lowest BCUT2D eigenvalue weighted by Crippen LogP contribution is -2.49. The zero-order valence-electron chi connectivity index (χ0n) is 12.0. The first-order valence-corrected chi connectivity index (χ1v) is 8.29. The molecule has 1 aromatic rings. The minimum Gasteiger partial charge on any atom is -0.395 e. The highest BCUT2D eigenvalue weighted by molar-refractivity contribution is 7.89. The molecule has 1 aromatic carbocycles. The molecule has 0 aromatic heterocycles. The van der Waals surface area contributed by atoms with Gasteiger partial charge >= 0.3 is 0 Å². The van der Waals surface area contributed by atoms with Gasteiger partial charge in [-0.05, 0) is 37.1 Å². The normalized spacial score (nSPS) is 18.4. The predicted molar refractivity (Wildman–Crippen MR) is 78.2 cm³/mol. The molecule has 20 heavy (non-hydrogen) atoms. The summed E-state index contributed by atoms with van der Waals surface area (Å²) in [6.07, 6.45) is 0. The van der Waals surface area contributed by atoms with Crippen molar-refractivity contribution in [3.63, 3.8) is 0 Å². The maximum absolute atomic E-state index is 12.6. The number of sulfonamides is 1. The number of hydrogen-bond donors (Lipinski definition) is 1. The van der Waals surface area contributed by atoms with Gasteiger partial charge in [-0.1, -0.05) is 6.07 Å².